The third kappa shape index (κ3) is 10.4. The van der Waals surface area contributed by atoms with E-state index in [1.165, 1.54) is 6.92 Å². The molecule has 0 aliphatic heterocycles. The Kier molecular flexibility index (Phi) is 16.8. The molecule has 0 bridgehead atoms. The Labute approximate surface area is 134 Å². The van der Waals surface area contributed by atoms with Gasteiger partial charge in [0.2, 0.25) is 0 Å². The molecule has 0 aromatic rings. The number of rotatable bonds is 8. The molecule has 0 saturated heterocycles. The van der Waals surface area contributed by atoms with Crippen LogP contribution in [0.25, 0.3) is 0 Å². The number of ketones is 1. The van der Waals surface area contributed by atoms with E-state index < -0.39 is 11.4 Å². The summed E-state index contributed by atoms with van der Waals surface area (Å²) in [5, 5.41) is 17.3. The zero-order chi connectivity index (χ0) is 15.5. The Bertz CT molecular complexity index is 238. The molecule has 0 aromatic heterocycles. The van der Waals surface area contributed by atoms with E-state index in [-0.39, 0.29) is 29.2 Å². The van der Waals surface area contributed by atoms with Gasteiger partial charge >= 0.3 is 5.97 Å². The van der Waals surface area contributed by atoms with E-state index in [2.05, 4.69) is 0 Å². The third-order valence-corrected chi connectivity index (χ3v) is 3.00. The van der Waals surface area contributed by atoms with Gasteiger partial charge in [0.05, 0.1) is 0 Å². The maximum Gasteiger partial charge on any atom is 0.317 e. The molecule has 20 heavy (non-hydrogen) atoms. The van der Waals surface area contributed by atoms with Crippen molar-refractivity contribution in [2.24, 2.45) is 5.41 Å². The number of Topliss-reactive ketones (excluding diaryl/α,β-unsaturated/α-hetero) is 1. The number of unbranched alkanes of at least 4 members (excludes halogenated alkanes) is 2. The Morgan fingerprint density at radius 1 is 1.05 bits per heavy atom. The maximum atomic E-state index is 11.5. The summed E-state index contributed by atoms with van der Waals surface area (Å²) in [6.07, 6.45) is 4.25. The summed E-state index contributed by atoms with van der Waals surface area (Å²) in [4.78, 5) is 22.8. The van der Waals surface area contributed by atoms with Gasteiger partial charge in [0.25, 0.3) is 0 Å². The van der Waals surface area contributed by atoms with Crippen LogP contribution in [0.15, 0.2) is 0 Å². The number of hydrogen-bond acceptors (Lipinski definition) is 3. The average Bonchev–Trinajstić information content (AvgIpc) is 2.28. The Morgan fingerprint density at radius 2 is 1.35 bits per heavy atom. The molecule has 120 valence electrons. The fourth-order valence-corrected chi connectivity index (χ4v) is 1.80. The molecule has 0 aromatic carbocycles. The highest BCUT2D eigenvalue weighted by atomic mass is 27.0. The second kappa shape index (κ2) is 13.6. The number of carbonyl (C=O) groups excluding carboxylic acids is 1. The molecule has 4 nitrogen and oxygen atoms in total. The van der Waals surface area contributed by atoms with Crippen molar-refractivity contribution in [3.8, 4) is 0 Å². The molecule has 0 aliphatic rings. The van der Waals surface area contributed by atoms with Crippen molar-refractivity contribution in [2.45, 2.75) is 79.2 Å². The summed E-state index contributed by atoms with van der Waals surface area (Å²) < 4.78 is 0. The van der Waals surface area contributed by atoms with Gasteiger partial charge in [-0.3, -0.25) is 9.59 Å². The van der Waals surface area contributed by atoms with Gasteiger partial charge in [-0.05, 0) is 33.6 Å². The first-order valence-electron chi connectivity index (χ1n) is 7.17. The maximum absolute atomic E-state index is 11.5. The molecular weight excluding hydrogens is 271 g/mol. The van der Waals surface area contributed by atoms with Crippen molar-refractivity contribution >= 4 is 29.1 Å². The lowest BCUT2D eigenvalue weighted by atomic mass is 9.75. The lowest BCUT2D eigenvalue weighted by molar-refractivity contribution is -0.155. The molecule has 0 unspecified atom stereocenters. The summed E-state index contributed by atoms with van der Waals surface area (Å²) in [6, 6.07) is 0. The molecule has 0 spiro atoms. The van der Waals surface area contributed by atoms with E-state index in [0.29, 0.717) is 12.8 Å². The first-order chi connectivity index (χ1) is 8.74. The van der Waals surface area contributed by atoms with E-state index in [1.807, 2.05) is 13.8 Å². The van der Waals surface area contributed by atoms with Crippen LogP contribution in [0.5, 0.6) is 0 Å². The lowest BCUT2D eigenvalue weighted by Crippen LogP contribution is -2.38. The minimum absolute atomic E-state index is 0. The van der Waals surface area contributed by atoms with Crippen molar-refractivity contribution in [3.63, 3.8) is 0 Å². The van der Waals surface area contributed by atoms with Crippen molar-refractivity contribution < 1.29 is 19.8 Å². The highest BCUT2D eigenvalue weighted by molar-refractivity contribution is 6.01. The van der Waals surface area contributed by atoms with Crippen molar-refractivity contribution in [1.29, 1.82) is 0 Å². The monoisotopic (exact) mass is 304 g/mol. The predicted molar refractivity (Wildman–Crippen MR) is 87.1 cm³/mol. The smallest absolute Gasteiger partial charge is 0.317 e. The number of carboxylic acids is 1. The Hall–Kier alpha value is -0.368. The summed E-state index contributed by atoms with van der Waals surface area (Å²) in [7, 11) is 0. The molecule has 0 aliphatic carbocycles. The topological polar surface area (TPSA) is 74.6 Å². The Morgan fingerprint density at radius 3 is 1.50 bits per heavy atom. The van der Waals surface area contributed by atoms with Gasteiger partial charge in [-0.1, -0.05) is 39.5 Å². The van der Waals surface area contributed by atoms with Gasteiger partial charge in [-0.25, -0.2) is 0 Å². The third-order valence-electron chi connectivity index (χ3n) is 3.00. The molecule has 5 heteroatoms. The molecule has 2 N–H and O–H groups in total. The van der Waals surface area contributed by atoms with E-state index in [0.717, 1.165) is 25.7 Å². The summed E-state index contributed by atoms with van der Waals surface area (Å²) >= 11 is 0. The van der Waals surface area contributed by atoms with Crippen LogP contribution < -0.4 is 0 Å². The molecule has 0 radical (unpaired) electrons. The fourth-order valence-electron chi connectivity index (χ4n) is 1.80. The van der Waals surface area contributed by atoms with Crippen molar-refractivity contribution in [2.75, 3.05) is 0 Å². The normalized spacial score (nSPS) is 10.3. The molecular formula is C15H33AlO4. The van der Waals surface area contributed by atoms with Gasteiger partial charge < -0.3 is 10.2 Å². The fraction of sp³-hybridized carbons (Fsp3) is 0.867. The van der Waals surface area contributed by atoms with Crippen LogP contribution >= 0.6 is 0 Å². The quantitative estimate of drug-likeness (QED) is 0.533. The summed E-state index contributed by atoms with van der Waals surface area (Å²) in [6.45, 7) is 8.86. The second-order valence-electron chi connectivity index (χ2n) is 5.24. The predicted octanol–water partition coefficient (Wildman–Crippen LogP) is 2.23. The van der Waals surface area contributed by atoms with E-state index in [4.69, 9.17) is 5.11 Å². The van der Waals surface area contributed by atoms with E-state index in [9.17, 15) is 14.7 Å². The van der Waals surface area contributed by atoms with Crippen LogP contribution in [-0.4, -0.2) is 45.4 Å². The largest absolute Gasteiger partial charge is 0.480 e. The van der Waals surface area contributed by atoms with Crippen LogP contribution in [0, 0.1) is 5.41 Å². The van der Waals surface area contributed by atoms with Gasteiger partial charge in [-0.15, -0.1) is 0 Å². The second-order valence-corrected chi connectivity index (χ2v) is 5.24. The van der Waals surface area contributed by atoms with Gasteiger partial charge in [0, 0.05) is 6.10 Å². The average molecular weight is 304 g/mol. The molecule has 0 atom stereocenters. The minimum Gasteiger partial charge on any atom is -0.480 e. The van der Waals surface area contributed by atoms with Crippen LogP contribution in [0.3, 0.4) is 0 Å². The number of carbonyl (C=O) groups is 2. The SMILES string of the molecule is CC(C)O.CCCCC(CCCC)(C(C)=O)C(=O)O.[AlH3]. The van der Waals surface area contributed by atoms with Crippen molar-refractivity contribution in [3.05, 3.63) is 0 Å². The Balaban J connectivity index is -0.000000508. The molecule has 0 rings (SSSR count). The zero-order valence-electron chi connectivity index (χ0n) is 13.0. The molecule has 0 heterocycles. The van der Waals surface area contributed by atoms with Gasteiger partial charge in [0.1, 0.15) is 11.2 Å². The van der Waals surface area contributed by atoms with Gasteiger partial charge in [0.15, 0.2) is 17.4 Å². The summed E-state index contributed by atoms with van der Waals surface area (Å²) in [5.74, 6) is -1.14. The first kappa shape index (κ1) is 24.6. The molecule has 0 amide bonds. The minimum atomic E-state index is -1.12. The van der Waals surface area contributed by atoms with E-state index >= 15 is 0 Å². The number of aliphatic hydroxyl groups is 1. The number of aliphatic hydroxyl groups excluding tert-OH is 1. The van der Waals surface area contributed by atoms with Crippen LogP contribution in [0.1, 0.15) is 73.1 Å². The van der Waals surface area contributed by atoms with Crippen LogP contribution in [-0.2, 0) is 9.59 Å². The van der Waals surface area contributed by atoms with E-state index in [1.54, 1.807) is 13.8 Å². The lowest BCUT2D eigenvalue weighted by Gasteiger charge is -2.26. The molecule has 0 fully saturated rings. The first-order valence-corrected chi connectivity index (χ1v) is 7.17. The highest BCUT2D eigenvalue weighted by Crippen LogP contribution is 2.32. The highest BCUT2D eigenvalue weighted by Gasteiger charge is 2.41. The van der Waals surface area contributed by atoms with Crippen molar-refractivity contribution in [1.82, 2.24) is 0 Å². The van der Waals surface area contributed by atoms with Crippen LogP contribution in [0.2, 0.25) is 0 Å². The number of carboxylic acid groups (broad SMARTS) is 1. The standard InChI is InChI=1S/C12H22O3.C3H8O.Al.3H/c1-4-6-8-12(10(3)13,11(14)15)9-7-5-2;1-3(2)4;;;;/h4-9H2,1-3H3,(H,14,15);3-4H,1-2H3;;;;. The van der Waals surface area contributed by atoms with Gasteiger partial charge in [-0.2, -0.15) is 0 Å². The molecule has 0 saturated carbocycles. The van der Waals surface area contributed by atoms with Crippen LogP contribution in [0.4, 0.5) is 0 Å². The zero-order valence-corrected chi connectivity index (χ0v) is 13.0. The number of aliphatic carboxylic acids is 1. The summed E-state index contributed by atoms with van der Waals surface area (Å²) in [5.41, 5.74) is -1.12. The number of hydrogen-bond donors (Lipinski definition) is 2.